The molecule has 270 valence electrons. The largest absolute Gasteiger partial charge is 0.441 e. The zero-order valence-corrected chi connectivity index (χ0v) is 27.9. The Morgan fingerprint density at radius 2 is 1.16 bits per heavy atom. The van der Waals surface area contributed by atoms with Crippen molar-refractivity contribution in [3.63, 3.8) is 0 Å². The van der Waals surface area contributed by atoms with Crippen molar-refractivity contribution in [2.45, 2.75) is 69.3 Å². The lowest BCUT2D eigenvalue weighted by Crippen LogP contribution is -2.46. The van der Waals surface area contributed by atoms with Gasteiger partial charge in [0.05, 0.1) is 17.7 Å². The Balaban J connectivity index is 0.000000219. The maximum Gasteiger partial charge on any atom is 0.416 e. The lowest BCUT2D eigenvalue weighted by atomic mass is 9.91. The van der Waals surface area contributed by atoms with E-state index in [1.165, 1.54) is 12.1 Å². The van der Waals surface area contributed by atoms with Crippen molar-refractivity contribution < 1.29 is 40.7 Å². The van der Waals surface area contributed by atoms with Crippen molar-refractivity contribution >= 4 is 12.4 Å². The molecule has 50 heavy (non-hydrogen) atoms. The Kier molecular flexibility index (Phi) is 11.9. The predicted octanol–water partition coefficient (Wildman–Crippen LogP) is 7.39. The molecule has 3 aliphatic heterocycles. The van der Waals surface area contributed by atoms with Crippen molar-refractivity contribution in [1.82, 2.24) is 20.0 Å². The molecular weight excluding hydrogens is 662 g/mol. The molecule has 1 amide bonds. The van der Waals surface area contributed by atoms with Crippen molar-refractivity contribution in [2.24, 2.45) is 0 Å². The monoisotopic (exact) mass is 704 g/mol. The average Bonchev–Trinajstić information content (AvgIpc) is 3.40. The van der Waals surface area contributed by atoms with Crippen molar-refractivity contribution in [1.29, 1.82) is 0 Å². The van der Waals surface area contributed by atoms with Gasteiger partial charge in [0.2, 0.25) is 0 Å². The van der Waals surface area contributed by atoms with Crippen LogP contribution in [0.5, 0.6) is 0 Å². The van der Waals surface area contributed by atoms with E-state index in [-0.39, 0.29) is 6.09 Å². The summed E-state index contributed by atoms with van der Waals surface area (Å²) in [4.78, 5) is 29.3. The molecule has 3 fully saturated rings. The second kappa shape index (κ2) is 15.9. The van der Waals surface area contributed by atoms with E-state index >= 15 is 0 Å². The summed E-state index contributed by atoms with van der Waals surface area (Å²) in [6.07, 6.45) is -4.58. The fraction of sp³-hybridized carbons (Fsp3) is 0.459. The minimum atomic E-state index is -4.33. The Morgan fingerprint density at radius 1 is 0.720 bits per heavy atom. The summed E-state index contributed by atoms with van der Waals surface area (Å²) in [5, 5.41) is 3.26. The number of aldehydes is 1. The first-order valence-electron chi connectivity index (χ1n) is 16.7. The van der Waals surface area contributed by atoms with Gasteiger partial charge < -0.3 is 10.1 Å². The highest BCUT2D eigenvalue weighted by Gasteiger charge is 2.46. The number of hydrogen-bond acceptors (Lipinski definition) is 6. The van der Waals surface area contributed by atoms with Crippen LogP contribution in [0, 0.1) is 0 Å². The van der Waals surface area contributed by atoms with E-state index in [4.69, 9.17) is 4.74 Å². The summed E-state index contributed by atoms with van der Waals surface area (Å²) in [5.41, 5.74) is 1.54. The molecule has 6 rings (SSSR count). The first-order valence-corrected chi connectivity index (χ1v) is 16.7. The van der Waals surface area contributed by atoms with Gasteiger partial charge in [0.1, 0.15) is 11.9 Å². The SMILES string of the molecule is CNC1CCN(Cc2ccc(C(F)(F)F)cc2)CC1.O=Cc1ccc(CN2CC3(CCN(Cc4ccc(C(F)(F)F)cc4)CC3)OC2=O)cc1. The normalized spacial score (nSPS) is 18.9. The highest BCUT2D eigenvalue weighted by atomic mass is 19.4. The number of carbonyl (C=O) groups excluding carboxylic acids is 2. The summed E-state index contributed by atoms with van der Waals surface area (Å²) in [5.74, 6) is 0. The van der Waals surface area contributed by atoms with Gasteiger partial charge in [-0.25, -0.2) is 4.79 Å². The zero-order valence-electron chi connectivity index (χ0n) is 27.9. The maximum absolute atomic E-state index is 12.7. The van der Waals surface area contributed by atoms with Crippen LogP contribution in [-0.2, 0) is 36.7 Å². The molecule has 0 atom stereocenters. The molecule has 0 bridgehead atoms. The number of nitrogens with one attached hydrogen (secondary N) is 1. The fourth-order valence-electron chi connectivity index (χ4n) is 6.61. The Morgan fingerprint density at radius 3 is 1.60 bits per heavy atom. The minimum Gasteiger partial charge on any atom is -0.441 e. The zero-order chi connectivity index (χ0) is 35.9. The molecule has 0 aliphatic carbocycles. The molecule has 7 nitrogen and oxygen atoms in total. The van der Waals surface area contributed by atoms with Crippen LogP contribution < -0.4 is 5.32 Å². The lowest BCUT2D eigenvalue weighted by Gasteiger charge is -2.37. The number of likely N-dealkylation sites (tertiary alicyclic amines) is 2. The van der Waals surface area contributed by atoms with Gasteiger partial charge >= 0.3 is 18.4 Å². The van der Waals surface area contributed by atoms with Gasteiger partial charge in [0, 0.05) is 57.2 Å². The molecule has 0 saturated carbocycles. The van der Waals surface area contributed by atoms with E-state index in [9.17, 15) is 35.9 Å². The van der Waals surface area contributed by atoms with E-state index in [1.54, 1.807) is 29.2 Å². The first kappa shape index (κ1) is 37.3. The molecule has 1 N–H and O–H groups in total. The van der Waals surface area contributed by atoms with Crippen molar-refractivity contribution in [3.8, 4) is 0 Å². The van der Waals surface area contributed by atoms with E-state index in [0.717, 1.165) is 79.7 Å². The second-order valence-electron chi connectivity index (χ2n) is 13.3. The van der Waals surface area contributed by atoms with Gasteiger partial charge in [-0.3, -0.25) is 19.5 Å². The number of benzene rings is 3. The molecule has 3 saturated heterocycles. The number of rotatable bonds is 8. The Hall–Kier alpha value is -3.94. The van der Waals surface area contributed by atoms with Crippen molar-refractivity contribution in [2.75, 3.05) is 39.8 Å². The summed E-state index contributed by atoms with van der Waals surface area (Å²) in [7, 11) is 1.97. The third-order valence-electron chi connectivity index (χ3n) is 9.67. The molecule has 3 aromatic carbocycles. The number of carbonyl (C=O) groups is 2. The third-order valence-corrected chi connectivity index (χ3v) is 9.67. The average molecular weight is 705 g/mol. The van der Waals surface area contributed by atoms with Crippen LogP contribution in [-0.4, -0.2) is 78.5 Å². The predicted molar refractivity (Wildman–Crippen MR) is 176 cm³/mol. The molecule has 0 unspecified atom stereocenters. The summed E-state index contributed by atoms with van der Waals surface area (Å²) >= 11 is 0. The van der Waals surface area contributed by atoms with Crippen LogP contribution in [0.1, 0.15) is 63.9 Å². The van der Waals surface area contributed by atoms with Crippen molar-refractivity contribution in [3.05, 3.63) is 106 Å². The van der Waals surface area contributed by atoms with Crippen LogP contribution in [0.2, 0.25) is 0 Å². The third kappa shape index (κ3) is 10.1. The van der Waals surface area contributed by atoms with Gasteiger partial charge in [-0.15, -0.1) is 0 Å². The molecule has 3 aromatic rings. The summed E-state index contributed by atoms with van der Waals surface area (Å²) < 4.78 is 81.2. The molecular formula is C37H42F6N4O3. The van der Waals surface area contributed by atoms with Gasteiger partial charge in [0.15, 0.2) is 0 Å². The summed E-state index contributed by atoms with van der Waals surface area (Å²) in [6.45, 7) is 5.62. The number of halogens is 6. The number of piperidine rings is 2. The standard InChI is InChI=1S/C23H23F3N2O3.C14H19F3N2/c24-23(25,26)20-7-5-17(6-8-20)13-27-11-9-22(10-12-27)16-28(21(30)31-22)14-18-1-3-19(15-29)4-2-18;1-18-13-6-8-19(9-7-13)10-11-2-4-12(5-3-11)14(15,16)17/h1-8,15H,9-14,16H2;2-5,13,18H,6-10H2,1H3. The van der Waals surface area contributed by atoms with Gasteiger partial charge in [0.25, 0.3) is 0 Å². The van der Waals surface area contributed by atoms with Crippen LogP contribution in [0.4, 0.5) is 31.1 Å². The van der Waals surface area contributed by atoms with E-state index < -0.39 is 29.1 Å². The summed E-state index contributed by atoms with van der Waals surface area (Å²) in [6, 6.07) is 18.4. The molecule has 0 aromatic heterocycles. The number of amides is 1. The molecule has 1 spiro atoms. The number of alkyl halides is 6. The molecule has 3 heterocycles. The lowest BCUT2D eigenvalue weighted by molar-refractivity contribution is -0.138. The smallest absolute Gasteiger partial charge is 0.416 e. The molecule has 0 radical (unpaired) electrons. The highest BCUT2D eigenvalue weighted by Crippen LogP contribution is 2.35. The quantitative estimate of drug-likeness (QED) is 0.195. The van der Waals surface area contributed by atoms with Crippen LogP contribution in [0.15, 0.2) is 72.8 Å². The first-order chi connectivity index (χ1) is 23.7. The number of hydrogen-bond donors (Lipinski definition) is 1. The maximum atomic E-state index is 12.7. The number of nitrogens with zero attached hydrogens (tertiary/aromatic N) is 3. The molecule has 3 aliphatic rings. The van der Waals surface area contributed by atoms with E-state index in [0.29, 0.717) is 57.2 Å². The van der Waals surface area contributed by atoms with E-state index in [2.05, 4.69) is 15.1 Å². The number of ether oxygens (including phenoxy) is 1. The topological polar surface area (TPSA) is 65.1 Å². The van der Waals surface area contributed by atoms with Crippen LogP contribution >= 0.6 is 0 Å². The minimum absolute atomic E-state index is 0.337. The van der Waals surface area contributed by atoms with Gasteiger partial charge in [-0.2, -0.15) is 26.3 Å². The van der Waals surface area contributed by atoms with Crippen LogP contribution in [0.3, 0.4) is 0 Å². The fourth-order valence-corrected chi connectivity index (χ4v) is 6.61. The van der Waals surface area contributed by atoms with Gasteiger partial charge in [-0.05, 0) is 73.9 Å². The molecule has 13 heteroatoms. The van der Waals surface area contributed by atoms with Gasteiger partial charge in [-0.1, -0.05) is 48.5 Å². The van der Waals surface area contributed by atoms with E-state index in [1.807, 2.05) is 19.2 Å². The highest BCUT2D eigenvalue weighted by molar-refractivity contribution is 5.74. The van der Waals surface area contributed by atoms with Crippen LogP contribution in [0.25, 0.3) is 0 Å². The Labute approximate surface area is 288 Å². The Bertz CT molecular complexity index is 1550. The second-order valence-corrected chi connectivity index (χ2v) is 13.3.